The van der Waals surface area contributed by atoms with E-state index in [9.17, 15) is 5.11 Å². The first-order valence-corrected chi connectivity index (χ1v) is 6.23. The fourth-order valence-electron chi connectivity index (χ4n) is 2.67. The van der Waals surface area contributed by atoms with Crippen molar-refractivity contribution in [2.45, 2.75) is 49.8 Å². The Morgan fingerprint density at radius 1 is 1.12 bits per heavy atom. The van der Waals surface area contributed by atoms with E-state index in [4.69, 9.17) is 18.9 Å². The molecule has 5 nitrogen and oxygen atoms in total. The molecular weight excluding hydrogens is 224 g/mol. The molecule has 1 aliphatic carbocycles. The van der Waals surface area contributed by atoms with Crippen molar-refractivity contribution in [3.8, 4) is 0 Å². The Morgan fingerprint density at radius 2 is 1.71 bits per heavy atom. The van der Waals surface area contributed by atoms with E-state index >= 15 is 0 Å². The van der Waals surface area contributed by atoms with Gasteiger partial charge in [0.1, 0.15) is 18.3 Å². The Morgan fingerprint density at radius 3 is 2.18 bits per heavy atom. The zero-order valence-corrected chi connectivity index (χ0v) is 10.6. The normalized spacial score (nSPS) is 36.5. The predicted octanol–water partition coefficient (Wildman–Crippen LogP) is 0.694. The molecule has 0 aromatic rings. The molecule has 17 heavy (non-hydrogen) atoms. The zero-order chi connectivity index (χ0) is 12.3. The van der Waals surface area contributed by atoms with Gasteiger partial charge >= 0.3 is 0 Å². The lowest BCUT2D eigenvalue weighted by molar-refractivity contribution is -0.251. The van der Waals surface area contributed by atoms with Gasteiger partial charge in [-0.15, -0.1) is 0 Å². The van der Waals surface area contributed by atoms with Gasteiger partial charge in [-0.3, -0.25) is 0 Å². The molecule has 0 aromatic heterocycles. The van der Waals surface area contributed by atoms with Crippen LogP contribution in [0, 0.1) is 0 Å². The molecule has 3 atom stereocenters. The predicted molar refractivity (Wildman–Crippen MR) is 60.7 cm³/mol. The number of aliphatic hydroxyl groups excluding tert-OH is 1. The molecule has 2 fully saturated rings. The molecule has 1 N–H and O–H groups in total. The van der Waals surface area contributed by atoms with Crippen LogP contribution >= 0.6 is 0 Å². The highest BCUT2D eigenvalue weighted by atomic mass is 16.8. The van der Waals surface area contributed by atoms with E-state index in [1.807, 2.05) is 0 Å². The highest BCUT2D eigenvalue weighted by Crippen LogP contribution is 2.40. The maximum absolute atomic E-state index is 10.1. The highest BCUT2D eigenvalue weighted by Gasteiger charge is 2.52. The number of hydrogen-bond acceptors (Lipinski definition) is 5. The van der Waals surface area contributed by atoms with E-state index in [1.54, 1.807) is 14.2 Å². The second kappa shape index (κ2) is 5.63. The van der Waals surface area contributed by atoms with Crippen LogP contribution in [-0.2, 0) is 18.9 Å². The zero-order valence-electron chi connectivity index (χ0n) is 10.6. The second-order valence-electron chi connectivity index (χ2n) is 4.80. The first kappa shape index (κ1) is 13.2. The van der Waals surface area contributed by atoms with E-state index in [0.29, 0.717) is 13.2 Å². The molecule has 1 saturated heterocycles. The van der Waals surface area contributed by atoms with Crippen LogP contribution in [0.5, 0.6) is 0 Å². The molecular formula is C12H22O5. The lowest BCUT2D eigenvalue weighted by Gasteiger charge is -2.36. The summed E-state index contributed by atoms with van der Waals surface area (Å²) < 4.78 is 22.1. The lowest BCUT2D eigenvalue weighted by Crippen LogP contribution is -2.46. The van der Waals surface area contributed by atoms with Crippen molar-refractivity contribution < 1.29 is 24.1 Å². The number of methoxy groups -OCH3 is 2. The third kappa shape index (κ3) is 2.63. The third-order valence-corrected chi connectivity index (χ3v) is 3.54. The first-order valence-electron chi connectivity index (χ1n) is 6.23. The first-order chi connectivity index (χ1) is 8.22. The minimum Gasteiger partial charge on any atom is -0.388 e. The molecule has 0 aromatic carbocycles. The summed E-state index contributed by atoms with van der Waals surface area (Å²) in [7, 11) is 3.27. The summed E-state index contributed by atoms with van der Waals surface area (Å²) >= 11 is 0. The number of aliphatic hydroxyl groups is 1. The molecule has 1 heterocycles. The van der Waals surface area contributed by atoms with Crippen LogP contribution in [0.1, 0.15) is 25.7 Å². The van der Waals surface area contributed by atoms with Gasteiger partial charge in [-0.05, 0) is 12.8 Å². The average Bonchev–Trinajstić information content (AvgIpc) is 2.64. The Labute approximate surface area is 102 Å². The molecule has 5 heteroatoms. The van der Waals surface area contributed by atoms with Gasteiger partial charge in [-0.1, -0.05) is 6.42 Å². The summed E-state index contributed by atoms with van der Waals surface area (Å²) in [5, 5.41) is 10.1. The second-order valence-corrected chi connectivity index (χ2v) is 4.80. The minimum atomic E-state index is -0.829. The summed E-state index contributed by atoms with van der Waals surface area (Å²) in [6, 6.07) is 0. The maximum Gasteiger partial charge on any atom is 0.195 e. The van der Waals surface area contributed by atoms with Gasteiger partial charge in [0.25, 0.3) is 0 Å². The fraction of sp³-hybridized carbons (Fsp3) is 1.00. The Hall–Kier alpha value is -0.200. The highest BCUT2D eigenvalue weighted by molar-refractivity contribution is 4.93. The topological polar surface area (TPSA) is 57.2 Å². The van der Waals surface area contributed by atoms with Gasteiger partial charge in [0.15, 0.2) is 5.79 Å². The molecule has 1 saturated carbocycles. The van der Waals surface area contributed by atoms with Gasteiger partial charge < -0.3 is 24.1 Å². The van der Waals surface area contributed by atoms with E-state index in [2.05, 4.69) is 0 Å². The largest absolute Gasteiger partial charge is 0.388 e. The van der Waals surface area contributed by atoms with Gasteiger partial charge in [0.05, 0.1) is 13.2 Å². The van der Waals surface area contributed by atoms with Crippen LogP contribution in [0.2, 0.25) is 0 Å². The van der Waals surface area contributed by atoms with Gasteiger partial charge in [0.2, 0.25) is 0 Å². The minimum absolute atomic E-state index is 0.160. The molecule has 2 rings (SSSR count). The quantitative estimate of drug-likeness (QED) is 0.791. The maximum atomic E-state index is 10.1. The molecule has 0 bridgehead atoms. The Bertz CT molecular complexity index is 231. The smallest absolute Gasteiger partial charge is 0.195 e. The van der Waals surface area contributed by atoms with Crippen molar-refractivity contribution in [2.24, 2.45) is 0 Å². The third-order valence-electron chi connectivity index (χ3n) is 3.54. The van der Waals surface area contributed by atoms with Crippen molar-refractivity contribution in [1.29, 1.82) is 0 Å². The average molecular weight is 246 g/mol. The van der Waals surface area contributed by atoms with Gasteiger partial charge in [-0.2, -0.15) is 0 Å². The van der Waals surface area contributed by atoms with Crippen molar-refractivity contribution in [2.75, 3.05) is 27.4 Å². The molecule has 2 aliphatic rings. The van der Waals surface area contributed by atoms with Crippen LogP contribution in [0.15, 0.2) is 0 Å². The fourth-order valence-corrected chi connectivity index (χ4v) is 2.67. The Balaban J connectivity index is 2.05. The van der Waals surface area contributed by atoms with Crippen LogP contribution in [0.4, 0.5) is 0 Å². The van der Waals surface area contributed by atoms with Crippen LogP contribution in [-0.4, -0.2) is 56.6 Å². The van der Waals surface area contributed by atoms with Crippen LogP contribution in [0.25, 0.3) is 0 Å². The summed E-state index contributed by atoms with van der Waals surface area (Å²) in [6.45, 7) is 0.922. The Kier molecular flexibility index (Phi) is 4.38. The number of ether oxygens (including phenoxy) is 4. The van der Waals surface area contributed by atoms with E-state index in [-0.39, 0.29) is 12.2 Å². The number of hydrogen-bond donors (Lipinski definition) is 1. The monoisotopic (exact) mass is 246 g/mol. The van der Waals surface area contributed by atoms with Crippen molar-refractivity contribution >= 4 is 0 Å². The van der Waals surface area contributed by atoms with Crippen molar-refractivity contribution in [3.63, 3.8) is 0 Å². The van der Waals surface area contributed by atoms with E-state index in [0.717, 1.165) is 25.7 Å². The van der Waals surface area contributed by atoms with Crippen molar-refractivity contribution in [1.82, 2.24) is 0 Å². The molecule has 0 radical (unpaired) electrons. The van der Waals surface area contributed by atoms with Gasteiger partial charge in [0, 0.05) is 20.6 Å². The van der Waals surface area contributed by atoms with Crippen LogP contribution < -0.4 is 0 Å². The molecule has 0 amide bonds. The molecule has 1 spiro atoms. The number of rotatable bonds is 4. The molecule has 1 aliphatic heterocycles. The summed E-state index contributed by atoms with van der Waals surface area (Å²) in [5.74, 6) is -0.829. The summed E-state index contributed by atoms with van der Waals surface area (Å²) in [4.78, 5) is 0. The van der Waals surface area contributed by atoms with Crippen molar-refractivity contribution in [3.05, 3.63) is 0 Å². The SMILES string of the molecule is COC[C@H]1OC2(CCCCC2O)O[C@@H]1COC. The molecule has 100 valence electrons. The summed E-state index contributed by atoms with van der Waals surface area (Å²) in [6.07, 6.45) is 2.67. The summed E-state index contributed by atoms with van der Waals surface area (Å²) in [5.41, 5.74) is 0. The lowest BCUT2D eigenvalue weighted by atomic mass is 9.91. The van der Waals surface area contributed by atoms with E-state index in [1.165, 1.54) is 0 Å². The standard InChI is InChI=1S/C12H22O5/c1-14-7-9-10(8-15-2)17-12(16-9)6-4-3-5-11(12)13/h9-11,13H,3-8H2,1-2H3/t9-,10-,11?/m1/s1. The van der Waals surface area contributed by atoms with E-state index < -0.39 is 11.9 Å². The van der Waals surface area contributed by atoms with Crippen LogP contribution in [0.3, 0.4) is 0 Å². The molecule has 1 unspecified atom stereocenters. The van der Waals surface area contributed by atoms with Gasteiger partial charge in [-0.25, -0.2) is 0 Å².